The average molecular weight is 328 g/mol. The molecule has 118 valence electrons. The zero-order valence-electron chi connectivity index (χ0n) is 12.7. The molecule has 1 aromatic carbocycles. The van der Waals surface area contributed by atoms with Crippen molar-refractivity contribution in [2.45, 2.75) is 12.8 Å². The normalized spacial score (nSPS) is 13.3. The maximum absolute atomic E-state index is 12.3. The molecule has 2 heterocycles. The lowest BCUT2D eigenvalue weighted by atomic mass is 10.0. The predicted molar refractivity (Wildman–Crippen MR) is 90.2 cm³/mol. The molecular weight excluding hydrogens is 312 g/mol. The second-order valence-electron chi connectivity index (χ2n) is 5.26. The topological polar surface area (TPSA) is 70.5 Å². The molecule has 1 aliphatic heterocycles. The van der Waals surface area contributed by atoms with Gasteiger partial charge in [-0.05, 0) is 46.5 Å². The monoisotopic (exact) mass is 328 g/mol. The van der Waals surface area contributed by atoms with Crippen molar-refractivity contribution in [1.82, 2.24) is 0 Å². The second kappa shape index (κ2) is 6.34. The zero-order chi connectivity index (χ0) is 16.4. The SMILES string of the molecule is COC(=O)CCCN1C(=O)C(=N)c2ccc(-c3ccsc3)cc21. The molecule has 1 aliphatic rings. The number of fused-ring (bicyclic) bond motifs is 1. The molecule has 5 nitrogen and oxygen atoms in total. The second-order valence-corrected chi connectivity index (χ2v) is 6.04. The molecule has 3 rings (SSSR count). The largest absolute Gasteiger partial charge is 0.469 e. The lowest BCUT2D eigenvalue weighted by Crippen LogP contribution is -2.31. The highest BCUT2D eigenvalue weighted by Crippen LogP contribution is 2.34. The standard InChI is InChI=1S/C17H16N2O3S/c1-22-15(20)3-2-7-19-14-9-11(12-6-8-23-10-12)4-5-13(14)16(18)17(19)21/h4-6,8-10,18H,2-3,7H2,1H3. The fourth-order valence-electron chi connectivity index (χ4n) is 2.64. The molecule has 0 fully saturated rings. The van der Waals surface area contributed by atoms with Gasteiger partial charge in [-0.3, -0.25) is 15.0 Å². The van der Waals surface area contributed by atoms with Gasteiger partial charge in [-0.15, -0.1) is 0 Å². The minimum absolute atomic E-state index is 0.00920. The zero-order valence-corrected chi connectivity index (χ0v) is 13.5. The first-order valence-corrected chi connectivity index (χ1v) is 8.20. The summed E-state index contributed by atoms with van der Waals surface area (Å²) in [6, 6.07) is 7.72. The summed E-state index contributed by atoms with van der Waals surface area (Å²) in [6.07, 6.45) is 0.765. The number of ether oxygens (including phenoxy) is 1. The van der Waals surface area contributed by atoms with Gasteiger partial charge in [-0.1, -0.05) is 6.07 Å². The number of esters is 1. The Morgan fingerprint density at radius 3 is 2.83 bits per heavy atom. The van der Waals surface area contributed by atoms with E-state index in [0.29, 0.717) is 18.5 Å². The van der Waals surface area contributed by atoms with Crippen molar-refractivity contribution in [3.8, 4) is 11.1 Å². The van der Waals surface area contributed by atoms with Crippen molar-refractivity contribution in [1.29, 1.82) is 5.41 Å². The summed E-state index contributed by atoms with van der Waals surface area (Å²) in [4.78, 5) is 25.1. The van der Waals surface area contributed by atoms with Crippen molar-refractivity contribution in [2.75, 3.05) is 18.6 Å². The van der Waals surface area contributed by atoms with Crippen LogP contribution in [-0.4, -0.2) is 31.2 Å². The van der Waals surface area contributed by atoms with Crippen molar-refractivity contribution in [2.24, 2.45) is 0 Å². The first kappa shape index (κ1) is 15.4. The first-order valence-electron chi connectivity index (χ1n) is 7.26. The van der Waals surface area contributed by atoms with Crippen LogP contribution in [0.25, 0.3) is 11.1 Å². The molecule has 1 N–H and O–H groups in total. The summed E-state index contributed by atoms with van der Waals surface area (Å²) < 4.78 is 4.62. The van der Waals surface area contributed by atoms with Crippen LogP contribution in [0, 0.1) is 5.41 Å². The molecular formula is C17H16N2O3S. The average Bonchev–Trinajstić information content (AvgIpc) is 3.17. The molecule has 2 aromatic rings. The van der Waals surface area contributed by atoms with Crippen molar-refractivity contribution >= 4 is 34.6 Å². The number of nitrogens with one attached hydrogen (secondary N) is 1. The predicted octanol–water partition coefficient (Wildman–Crippen LogP) is 3.08. The van der Waals surface area contributed by atoms with Crippen LogP contribution in [0.4, 0.5) is 5.69 Å². The highest BCUT2D eigenvalue weighted by Gasteiger charge is 2.32. The molecule has 0 unspecified atom stereocenters. The van der Waals surface area contributed by atoms with Crippen LogP contribution in [-0.2, 0) is 14.3 Å². The quantitative estimate of drug-likeness (QED) is 0.858. The highest BCUT2D eigenvalue weighted by molar-refractivity contribution is 7.08. The van der Waals surface area contributed by atoms with E-state index in [0.717, 1.165) is 16.8 Å². The molecule has 6 heteroatoms. The molecule has 1 aromatic heterocycles. The molecule has 0 bridgehead atoms. The Balaban J connectivity index is 1.86. The van der Waals surface area contributed by atoms with Crippen LogP contribution in [0.2, 0.25) is 0 Å². The maximum atomic E-state index is 12.3. The number of hydrogen-bond donors (Lipinski definition) is 1. The molecule has 0 atom stereocenters. The van der Waals surface area contributed by atoms with Crippen LogP contribution in [0.1, 0.15) is 18.4 Å². The van der Waals surface area contributed by atoms with Crippen molar-refractivity contribution in [3.05, 3.63) is 40.6 Å². The van der Waals surface area contributed by atoms with Crippen LogP contribution < -0.4 is 4.90 Å². The summed E-state index contributed by atoms with van der Waals surface area (Å²) in [5.41, 5.74) is 3.51. The van der Waals surface area contributed by atoms with Gasteiger partial charge in [0, 0.05) is 18.5 Å². The number of methoxy groups -OCH3 is 1. The number of amides is 1. The van der Waals surface area contributed by atoms with E-state index in [4.69, 9.17) is 5.41 Å². The first-order chi connectivity index (χ1) is 11.1. The van der Waals surface area contributed by atoms with Crippen molar-refractivity contribution in [3.63, 3.8) is 0 Å². The van der Waals surface area contributed by atoms with E-state index in [2.05, 4.69) is 4.74 Å². The Bertz CT molecular complexity index is 768. The van der Waals surface area contributed by atoms with E-state index < -0.39 is 0 Å². The van der Waals surface area contributed by atoms with Gasteiger partial charge in [-0.2, -0.15) is 11.3 Å². The summed E-state index contributed by atoms with van der Waals surface area (Å²) >= 11 is 1.62. The fraction of sp³-hybridized carbons (Fsp3) is 0.235. The van der Waals surface area contributed by atoms with Crippen LogP contribution >= 0.6 is 11.3 Å². The number of anilines is 1. The van der Waals surface area contributed by atoms with E-state index in [1.165, 1.54) is 7.11 Å². The number of carbonyl (C=O) groups is 2. The van der Waals surface area contributed by atoms with Gasteiger partial charge in [0.05, 0.1) is 12.8 Å². The van der Waals surface area contributed by atoms with Gasteiger partial charge in [0.15, 0.2) is 0 Å². The number of benzene rings is 1. The van der Waals surface area contributed by atoms with Gasteiger partial charge in [-0.25, -0.2) is 0 Å². The molecule has 0 saturated heterocycles. The number of hydrogen-bond acceptors (Lipinski definition) is 5. The summed E-state index contributed by atoms with van der Waals surface area (Å²) in [6.45, 7) is 0.399. The van der Waals surface area contributed by atoms with Crippen LogP contribution in [0.15, 0.2) is 35.0 Å². The molecule has 0 saturated carbocycles. The third-order valence-corrected chi connectivity index (χ3v) is 4.54. The minimum Gasteiger partial charge on any atom is -0.469 e. The maximum Gasteiger partial charge on any atom is 0.305 e. The molecule has 1 amide bonds. The molecule has 0 radical (unpaired) electrons. The van der Waals surface area contributed by atoms with Crippen molar-refractivity contribution < 1.29 is 14.3 Å². The summed E-state index contributed by atoms with van der Waals surface area (Å²) in [5.74, 6) is -0.605. The third kappa shape index (κ3) is 2.90. The van der Waals surface area contributed by atoms with Crippen LogP contribution in [0.5, 0.6) is 0 Å². The minimum atomic E-state index is -0.313. The number of carbonyl (C=O) groups excluding carboxylic acids is 2. The van der Waals surface area contributed by atoms with E-state index in [1.807, 2.05) is 35.0 Å². The Hall–Kier alpha value is -2.47. The third-order valence-electron chi connectivity index (χ3n) is 3.86. The Kier molecular flexibility index (Phi) is 4.25. The lowest BCUT2D eigenvalue weighted by Gasteiger charge is -2.17. The van der Waals surface area contributed by atoms with Gasteiger partial charge >= 0.3 is 5.97 Å². The Labute approximate surface area is 138 Å². The van der Waals surface area contributed by atoms with E-state index in [1.54, 1.807) is 16.2 Å². The smallest absolute Gasteiger partial charge is 0.305 e. The highest BCUT2D eigenvalue weighted by atomic mass is 32.1. The Morgan fingerprint density at radius 1 is 1.30 bits per heavy atom. The van der Waals surface area contributed by atoms with E-state index >= 15 is 0 Å². The van der Waals surface area contributed by atoms with Gasteiger partial charge < -0.3 is 9.64 Å². The summed E-state index contributed by atoms with van der Waals surface area (Å²) in [5, 5.41) is 12.0. The molecule has 0 aliphatic carbocycles. The number of nitrogens with zero attached hydrogens (tertiary/aromatic N) is 1. The molecule has 23 heavy (non-hydrogen) atoms. The van der Waals surface area contributed by atoms with E-state index in [9.17, 15) is 9.59 Å². The van der Waals surface area contributed by atoms with Gasteiger partial charge in [0.2, 0.25) is 0 Å². The Morgan fingerprint density at radius 2 is 2.13 bits per heavy atom. The van der Waals surface area contributed by atoms with E-state index in [-0.39, 0.29) is 24.0 Å². The van der Waals surface area contributed by atoms with Gasteiger partial charge in [0.1, 0.15) is 5.71 Å². The molecule has 0 spiro atoms. The number of thiophene rings is 1. The number of rotatable bonds is 5. The lowest BCUT2D eigenvalue weighted by molar-refractivity contribution is -0.140. The van der Waals surface area contributed by atoms with Crippen LogP contribution in [0.3, 0.4) is 0 Å². The summed E-state index contributed by atoms with van der Waals surface area (Å²) in [7, 11) is 1.35. The fourth-order valence-corrected chi connectivity index (χ4v) is 3.30. The van der Waals surface area contributed by atoms with Gasteiger partial charge in [0.25, 0.3) is 5.91 Å².